The van der Waals surface area contributed by atoms with Gasteiger partial charge < -0.3 is 0 Å². The van der Waals surface area contributed by atoms with Gasteiger partial charge in [0.2, 0.25) is 0 Å². The van der Waals surface area contributed by atoms with Crippen LogP contribution in [0.3, 0.4) is 0 Å². The molecule has 1 unspecified atom stereocenters. The summed E-state index contributed by atoms with van der Waals surface area (Å²) in [7, 11) is 0. The Hall–Kier alpha value is -0.690. The molecule has 4 nitrogen and oxygen atoms in total. The number of rotatable bonds is 5. The molecule has 2 rings (SSSR count). The van der Waals surface area contributed by atoms with Gasteiger partial charge in [-0.1, -0.05) is 44.8 Å². The standard InChI is InChI=1S/C13H16Br2N4/c1-2-7-19-12(5-6-17-19)13(18-16)10-4-3-9(14)8-11(10)15/h3-6,8,13,18H,2,7,16H2,1H3. The van der Waals surface area contributed by atoms with Crippen molar-refractivity contribution in [2.24, 2.45) is 5.84 Å². The summed E-state index contributed by atoms with van der Waals surface area (Å²) in [5.41, 5.74) is 5.02. The molecule has 0 saturated heterocycles. The molecule has 3 N–H and O–H groups in total. The van der Waals surface area contributed by atoms with E-state index < -0.39 is 0 Å². The van der Waals surface area contributed by atoms with Crippen molar-refractivity contribution in [2.75, 3.05) is 0 Å². The van der Waals surface area contributed by atoms with Crippen LogP contribution in [-0.4, -0.2) is 9.78 Å². The van der Waals surface area contributed by atoms with Crippen molar-refractivity contribution in [3.05, 3.63) is 50.7 Å². The first-order valence-electron chi connectivity index (χ1n) is 6.10. The largest absolute Gasteiger partial charge is 0.271 e. The Morgan fingerprint density at radius 2 is 2.16 bits per heavy atom. The highest BCUT2D eigenvalue weighted by Crippen LogP contribution is 2.30. The SMILES string of the molecule is CCCn1nccc1C(NN)c1ccc(Br)cc1Br. The molecule has 0 radical (unpaired) electrons. The van der Waals surface area contributed by atoms with Gasteiger partial charge in [0.05, 0.1) is 11.7 Å². The van der Waals surface area contributed by atoms with Crippen molar-refractivity contribution >= 4 is 31.9 Å². The number of aryl methyl sites for hydroxylation is 1. The number of benzene rings is 1. The number of hydrazine groups is 1. The molecule has 1 aromatic heterocycles. The van der Waals surface area contributed by atoms with E-state index in [0.29, 0.717) is 0 Å². The van der Waals surface area contributed by atoms with Gasteiger partial charge in [-0.2, -0.15) is 5.10 Å². The van der Waals surface area contributed by atoms with Crippen LogP contribution in [0, 0.1) is 0 Å². The summed E-state index contributed by atoms with van der Waals surface area (Å²) in [6.07, 6.45) is 2.84. The zero-order valence-electron chi connectivity index (χ0n) is 10.6. The lowest BCUT2D eigenvalue weighted by molar-refractivity contribution is 0.520. The minimum atomic E-state index is -0.0866. The number of nitrogens with one attached hydrogen (secondary N) is 1. The minimum Gasteiger partial charge on any atom is -0.271 e. The molecular weight excluding hydrogens is 372 g/mol. The van der Waals surface area contributed by atoms with Gasteiger partial charge in [-0.3, -0.25) is 10.5 Å². The fourth-order valence-electron chi connectivity index (χ4n) is 2.06. The Kier molecular flexibility index (Phi) is 5.15. The lowest BCUT2D eigenvalue weighted by Gasteiger charge is -2.19. The van der Waals surface area contributed by atoms with E-state index in [1.807, 2.05) is 35.1 Å². The van der Waals surface area contributed by atoms with E-state index in [1.54, 1.807) is 0 Å². The van der Waals surface area contributed by atoms with Crippen LogP contribution < -0.4 is 11.3 Å². The normalized spacial score (nSPS) is 12.6. The second kappa shape index (κ2) is 6.65. The van der Waals surface area contributed by atoms with Crippen LogP contribution in [0.1, 0.15) is 30.6 Å². The van der Waals surface area contributed by atoms with Gasteiger partial charge in [0.1, 0.15) is 0 Å². The van der Waals surface area contributed by atoms with Crippen molar-refractivity contribution < 1.29 is 0 Å². The molecule has 6 heteroatoms. The predicted molar refractivity (Wildman–Crippen MR) is 83.5 cm³/mol. The number of hydrogen-bond donors (Lipinski definition) is 2. The number of halogens is 2. The first kappa shape index (κ1) is 14.7. The molecule has 19 heavy (non-hydrogen) atoms. The van der Waals surface area contributed by atoms with Crippen molar-refractivity contribution in [3.63, 3.8) is 0 Å². The van der Waals surface area contributed by atoms with Crippen molar-refractivity contribution in [3.8, 4) is 0 Å². The number of nitrogens with two attached hydrogens (primary N) is 1. The molecule has 0 fully saturated rings. The summed E-state index contributed by atoms with van der Waals surface area (Å²) in [6, 6.07) is 7.97. The summed E-state index contributed by atoms with van der Waals surface area (Å²) in [6.45, 7) is 3.01. The molecule has 0 amide bonds. The van der Waals surface area contributed by atoms with Crippen molar-refractivity contribution in [1.82, 2.24) is 15.2 Å². The highest BCUT2D eigenvalue weighted by atomic mass is 79.9. The van der Waals surface area contributed by atoms with Crippen LogP contribution in [0.25, 0.3) is 0 Å². The van der Waals surface area contributed by atoms with Crippen molar-refractivity contribution in [1.29, 1.82) is 0 Å². The maximum atomic E-state index is 5.74. The lowest BCUT2D eigenvalue weighted by atomic mass is 10.0. The van der Waals surface area contributed by atoms with Gasteiger partial charge in [0.25, 0.3) is 0 Å². The molecule has 0 spiro atoms. The lowest BCUT2D eigenvalue weighted by Crippen LogP contribution is -2.31. The molecule has 0 saturated carbocycles. The average Bonchev–Trinajstić information content (AvgIpc) is 2.82. The number of aromatic nitrogens is 2. The maximum Gasteiger partial charge on any atom is 0.0889 e. The van der Waals surface area contributed by atoms with Crippen molar-refractivity contribution in [2.45, 2.75) is 25.9 Å². The zero-order chi connectivity index (χ0) is 13.8. The van der Waals surface area contributed by atoms with E-state index in [2.05, 4.69) is 49.3 Å². The number of hydrogen-bond acceptors (Lipinski definition) is 3. The molecule has 2 aromatic rings. The van der Waals surface area contributed by atoms with Gasteiger partial charge in [-0.25, -0.2) is 5.43 Å². The topological polar surface area (TPSA) is 55.9 Å². The minimum absolute atomic E-state index is 0.0866. The third-order valence-corrected chi connectivity index (χ3v) is 4.10. The highest BCUT2D eigenvalue weighted by molar-refractivity contribution is 9.11. The molecular formula is C13H16Br2N4. The highest BCUT2D eigenvalue weighted by Gasteiger charge is 2.19. The zero-order valence-corrected chi connectivity index (χ0v) is 13.8. The van der Waals surface area contributed by atoms with Gasteiger partial charge in [0.15, 0.2) is 0 Å². The first-order chi connectivity index (χ1) is 9.17. The summed E-state index contributed by atoms with van der Waals surface area (Å²) in [5, 5.41) is 4.34. The van der Waals surface area contributed by atoms with Gasteiger partial charge in [0, 0.05) is 21.7 Å². The Labute approximate surface area is 129 Å². The summed E-state index contributed by atoms with van der Waals surface area (Å²) < 4.78 is 4.02. The first-order valence-corrected chi connectivity index (χ1v) is 7.68. The smallest absolute Gasteiger partial charge is 0.0889 e. The Bertz CT molecular complexity index is 553. The van der Waals surface area contributed by atoms with E-state index in [1.165, 1.54) is 0 Å². The van der Waals surface area contributed by atoms with E-state index in [-0.39, 0.29) is 6.04 Å². The van der Waals surface area contributed by atoms with Crippen LogP contribution in [-0.2, 0) is 6.54 Å². The van der Waals surface area contributed by atoms with E-state index in [9.17, 15) is 0 Å². The van der Waals surface area contributed by atoms with E-state index in [0.717, 1.165) is 33.2 Å². The van der Waals surface area contributed by atoms with Gasteiger partial charge in [-0.15, -0.1) is 0 Å². The molecule has 0 bridgehead atoms. The average molecular weight is 388 g/mol. The van der Waals surface area contributed by atoms with Crippen LogP contribution in [0.2, 0.25) is 0 Å². The molecule has 0 aliphatic carbocycles. The van der Waals surface area contributed by atoms with Gasteiger partial charge in [-0.05, 0) is 30.2 Å². The summed E-state index contributed by atoms with van der Waals surface area (Å²) in [4.78, 5) is 0. The summed E-state index contributed by atoms with van der Waals surface area (Å²) >= 11 is 7.04. The van der Waals surface area contributed by atoms with Gasteiger partial charge >= 0.3 is 0 Å². The number of nitrogens with zero attached hydrogens (tertiary/aromatic N) is 2. The fraction of sp³-hybridized carbons (Fsp3) is 0.308. The summed E-state index contributed by atoms with van der Waals surface area (Å²) in [5.74, 6) is 5.74. The fourth-order valence-corrected chi connectivity index (χ4v) is 3.33. The maximum absolute atomic E-state index is 5.74. The molecule has 0 aliphatic heterocycles. The third kappa shape index (κ3) is 3.25. The van der Waals surface area contributed by atoms with Crippen LogP contribution in [0.4, 0.5) is 0 Å². The predicted octanol–water partition coefficient (Wildman–Crippen LogP) is 3.37. The Morgan fingerprint density at radius 3 is 2.79 bits per heavy atom. The molecule has 1 atom stereocenters. The van der Waals surface area contributed by atoms with E-state index in [4.69, 9.17) is 5.84 Å². The Morgan fingerprint density at radius 1 is 1.37 bits per heavy atom. The quantitative estimate of drug-likeness (QED) is 0.610. The molecule has 102 valence electrons. The van der Waals surface area contributed by atoms with Crippen LogP contribution in [0.15, 0.2) is 39.4 Å². The van der Waals surface area contributed by atoms with Crippen LogP contribution in [0.5, 0.6) is 0 Å². The monoisotopic (exact) mass is 386 g/mol. The Balaban J connectivity index is 2.41. The molecule has 0 aliphatic rings. The van der Waals surface area contributed by atoms with E-state index >= 15 is 0 Å². The molecule has 1 heterocycles. The molecule has 1 aromatic carbocycles. The van der Waals surface area contributed by atoms with Crippen LogP contribution >= 0.6 is 31.9 Å². The second-order valence-corrected chi connectivity index (χ2v) is 6.01. The third-order valence-electron chi connectivity index (χ3n) is 2.92. The second-order valence-electron chi connectivity index (χ2n) is 4.24.